The van der Waals surface area contributed by atoms with E-state index in [1.54, 1.807) is 12.4 Å². The van der Waals surface area contributed by atoms with E-state index in [9.17, 15) is 4.79 Å². The largest absolute Gasteiger partial charge is 0.490 e. The first-order valence-electron chi connectivity index (χ1n) is 11.5. The molecule has 3 heterocycles. The van der Waals surface area contributed by atoms with Crippen molar-refractivity contribution >= 4 is 28.8 Å². The Morgan fingerprint density at radius 1 is 1.44 bits per heavy atom. The molecule has 1 amide bonds. The number of nitrogens with zero attached hydrogens (tertiary/aromatic N) is 3. The highest BCUT2D eigenvalue weighted by atomic mass is 35.5. The third-order valence-corrected chi connectivity index (χ3v) is 6.41. The van der Waals surface area contributed by atoms with E-state index in [0.717, 1.165) is 25.2 Å². The molecule has 0 saturated carbocycles. The summed E-state index contributed by atoms with van der Waals surface area (Å²) in [4.78, 5) is 22.0. The number of fused-ring (bicyclic) bond motifs is 1. The number of imidazole rings is 1. The minimum atomic E-state index is -0.798. The number of benzene rings is 1. The quantitative estimate of drug-likeness (QED) is 0.468. The first-order valence-corrected chi connectivity index (χ1v) is 11.8. The summed E-state index contributed by atoms with van der Waals surface area (Å²) in [6, 6.07) is 1.51. The normalized spacial score (nSPS) is 16.9. The number of hydrogen-bond donors (Lipinski definition) is 3. The van der Waals surface area contributed by atoms with E-state index in [1.807, 2.05) is 32.1 Å². The number of nitrogens with two attached hydrogens (primary N) is 1. The summed E-state index contributed by atoms with van der Waals surface area (Å²) in [6.07, 6.45) is 4.03. The molecule has 4 rings (SSSR count). The summed E-state index contributed by atoms with van der Waals surface area (Å²) in [5.74, 6) is -0.244. The molecular formula is C24H30ClFN6O2. The van der Waals surface area contributed by atoms with Crippen molar-refractivity contribution in [1.82, 2.24) is 25.0 Å². The Morgan fingerprint density at radius 2 is 2.21 bits per heavy atom. The molecule has 34 heavy (non-hydrogen) atoms. The lowest BCUT2D eigenvalue weighted by molar-refractivity contribution is 0.0937. The van der Waals surface area contributed by atoms with Gasteiger partial charge in [-0.1, -0.05) is 18.5 Å². The van der Waals surface area contributed by atoms with Crippen LogP contribution in [0.4, 0.5) is 10.2 Å². The number of ether oxygens (including phenoxy) is 1. The molecular weight excluding hydrogens is 459 g/mol. The lowest BCUT2D eigenvalue weighted by Gasteiger charge is -2.23. The van der Waals surface area contributed by atoms with Crippen molar-refractivity contribution in [2.75, 3.05) is 25.4 Å². The number of amides is 1. The average Bonchev–Trinajstić information content (AvgIpc) is 3.42. The Hall–Kier alpha value is -2.91. The van der Waals surface area contributed by atoms with E-state index in [0.29, 0.717) is 35.2 Å². The van der Waals surface area contributed by atoms with Crippen LogP contribution in [0.25, 0.3) is 5.52 Å². The summed E-state index contributed by atoms with van der Waals surface area (Å²) in [6.45, 7) is 9.59. The minimum Gasteiger partial charge on any atom is -0.490 e. The number of aryl methyl sites for hydroxylation is 1. The number of rotatable bonds is 7. The van der Waals surface area contributed by atoms with Crippen LogP contribution in [0, 0.1) is 18.7 Å². The molecule has 2 unspecified atom stereocenters. The summed E-state index contributed by atoms with van der Waals surface area (Å²) in [7, 11) is 0. The molecule has 0 aliphatic carbocycles. The van der Waals surface area contributed by atoms with Crippen molar-refractivity contribution in [2.24, 2.45) is 5.92 Å². The van der Waals surface area contributed by atoms with E-state index in [4.69, 9.17) is 27.1 Å². The third kappa shape index (κ3) is 4.54. The molecule has 1 aliphatic rings. The van der Waals surface area contributed by atoms with Gasteiger partial charge in [-0.25, -0.2) is 14.4 Å². The van der Waals surface area contributed by atoms with Gasteiger partial charge < -0.3 is 21.1 Å². The lowest BCUT2D eigenvalue weighted by Crippen LogP contribution is -2.32. The van der Waals surface area contributed by atoms with Gasteiger partial charge in [0, 0.05) is 30.4 Å². The number of nitrogens with one attached hydrogen (secondary N) is 2. The van der Waals surface area contributed by atoms with Crippen molar-refractivity contribution in [3.05, 3.63) is 51.9 Å². The van der Waals surface area contributed by atoms with Gasteiger partial charge in [0.05, 0.1) is 16.8 Å². The average molecular weight is 489 g/mol. The topological polar surface area (TPSA) is 107 Å². The molecule has 10 heteroatoms. The van der Waals surface area contributed by atoms with Crippen molar-refractivity contribution in [1.29, 1.82) is 0 Å². The number of nitrogen functional groups attached to an aromatic ring is 1. The maximum absolute atomic E-state index is 15.3. The molecule has 1 saturated heterocycles. The zero-order chi connectivity index (χ0) is 24.6. The van der Waals surface area contributed by atoms with Gasteiger partial charge in [0.2, 0.25) is 0 Å². The van der Waals surface area contributed by atoms with Gasteiger partial charge in [-0.2, -0.15) is 0 Å². The molecule has 3 aromatic rings. The first-order chi connectivity index (χ1) is 16.2. The maximum atomic E-state index is 15.3. The van der Waals surface area contributed by atoms with Gasteiger partial charge in [0.15, 0.2) is 5.82 Å². The highest BCUT2D eigenvalue weighted by molar-refractivity contribution is 6.31. The van der Waals surface area contributed by atoms with Crippen LogP contribution in [0.15, 0.2) is 18.5 Å². The van der Waals surface area contributed by atoms with Crippen LogP contribution >= 0.6 is 11.6 Å². The number of hydrogen-bond acceptors (Lipinski definition) is 6. The van der Waals surface area contributed by atoms with Crippen LogP contribution in [0.1, 0.15) is 60.5 Å². The summed E-state index contributed by atoms with van der Waals surface area (Å²) >= 11 is 6.30. The number of carbonyl (C=O) groups excluding carboxylic acids is 1. The van der Waals surface area contributed by atoms with Gasteiger partial charge in [-0.05, 0) is 52.3 Å². The van der Waals surface area contributed by atoms with Gasteiger partial charge in [-0.15, -0.1) is 0 Å². The number of carbonyl (C=O) groups is 1. The van der Waals surface area contributed by atoms with Gasteiger partial charge in [0.1, 0.15) is 28.5 Å². The molecule has 0 radical (unpaired) electrons. The highest BCUT2D eigenvalue weighted by Gasteiger charge is 2.30. The smallest absolute Gasteiger partial charge is 0.258 e. The Bertz CT molecular complexity index is 1220. The predicted molar refractivity (Wildman–Crippen MR) is 130 cm³/mol. The standard InChI is InChI=1S/C24H30ClFN6O2/c1-12(2)34-21-16(13(3)23-31-14(4)20-22(27)29-7-8-32(20)23)9-17(25)19(26)18(21)24(33)30-11-15-5-6-28-10-15/h7-9,12-13,15,28H,5-6,10-11H2,1-4H3,(H2,27,29)(H,30,33). The van der Waals surface area contributed by atoms with Crippen molar-refractivity contribution < 1.29 is 13.9 Å². The van der Waals surface area contributed by atoms with E-state index in [1.165, 1.54) is 6.07 Å². The second kappa shape index (κ2) is 9.76. The van der Waals surface area contributed by atoms with E-state index >= 15 is 4.39 Å². The number of aromatic nitrogens is 3. The van der Waals surface area contributed by atoms with Crippen LogP contribution in [0.3, 0.4) is 0 Å². The van der Waals surface area contributed by atoms with Crippen molar-refractivity contribution in [3.8, 4) is 5.75 Å². The van der Waals surface area contributed by atoms with Crippen LogP contribution in [-0.2, 0) is 0 Å². The zero-order valence-corrected chi connectivity index (χ0v) is 20.5. The monoisotopic (exact) mass is 488 g/mol. The molecule has 2 aromatic heterocycles. The van der Waals surface area contributed by atoms with Gasteiger partial charge in [0.25, 0.3) is 5.91 Å². The Labute approximate surface area is 203 Å². The fraction of sp³-hybridized carbons (Fsp3) is 0.458. The SMILES string of the molecule is Cc1nc(C(C)c2cc(Cl)c(F)c(C(=O)NCC3CCNC3)c2OC(C)C)n2ccnc(N)c12. The fourth-order valence-electron chi connectivity index (χ4n) is 4.44. The zero-order valence-electron chi connectivity index (χ0n) is 19.8. The Kier molecular flexibility index (Phi) is 6.95. The van der Waals surface area contributed by atoms with Crippen LogP contribution in [0.2, 0.25) is 5.02 Å². The molecule has 0 spiro atoms. The fourth-order valence-corrected chi connectivity index (χ4v) is 4.66. The number of anilines is 1. The highest BCUT2D eigenvalue weighted by Crippen LogP contribution is 2.40. The molecule has 2 atom stereocenters. The van der Waals surface area contributed by atoms with Crippen LogP contribution in [0.5, 0.6) is 5.75 Å². The third-order valence-electron chi connectivity index (χ3n) is 6.13. The van der Waals surface area contributed by atoms with Gasteiger partial charge >= 0.3 is 0 Å². The molecule has 4 N–H and O–H groups in total. The molecule has 182 valence electrons. The second-order valence-corrected chi connectivity index (χ2v) is 9.42. The molecule has 1 fully saturated rings. The molecule has 8 nitrogen and oxygen atoms in total. The van der Waals surface area contributed by atoms with Crippen molar-refractivity contribution in [2.45, 2.75) is 46.1 Å². The van der Waals surface area contributed by atoms with Crippen LogP contribution in [-0.4, -0.2) is 46.0 Å². The summed E-state index contributed by atoms with van der Waals surface area (Å²) in [5.41, 5.74) is 7.87. The Balaban J connectivity index is 1.81. The van der Waals surface area contributed by atoms with E-state index < -0.39 is 11.7 Å². The molecule has 1 aromatic carbocycles. The van der Waals surface area contributed by atoms with E-state index in [2.05, 4.69) is 15.6 Å². The summed E-state index contributed by atoms with van der Waals surface area (Å²) < 4.78 is 23.2. The molecule has 1 aliphatic heterocycles. The Morgan fingerprint density at radius 3 is 2.88 bits per heavy atom. The predicted octanol–water partition coefficient (Wildman–Crippen LogP) is 3.69. The number of halogens is 2. The minimum absolute atomic E-state index is 0.149. The van der Waals surface area contributed by atoms with E-state index in [-0.39, 0.29) is 28.4 Å². The van der Waals surface area contributed by atoms with Gasteiger partial charge in [-0.3, -0.25) is 9.20 Å². The lowest BCUT2D eigenvalue weighted by atomic mass is 9.95. The second-order valence-electron chi connectivity index (χ2n) is 9.01. The van der Waals surface area contributed by atoms with Crippen LogP contribution < -0.4 is 21.1 Å². The molecule has 0 bridgehead atoms. The van der Waals surface area contributed by atoms with Crippen molar-refractivity contribution in [3.63, 3.8) is 0 Å². The maximum Gasteiger partial charge on any atom is 0.258 e. The summed E-state index contributed by atoms with van der Waals surface area (Å²) in [5, 5.41) is 5.98. The first kappa shape index (κ1) is 24.2.